The summed E-state index contributed by atoms with van der Waals surface area (Å²) in [6, 6.07) is 5.17. The Bertz CT molecular complexity index is 782. The van der Waals surface area contributed by atoms with Crippen molar-refractivity contribution in [2.24, 2.45) is 11.8 Å². The third kappa shape index (κ3) is 3.57. The average Bonchev–Trinajstić information content (AvgIpc) is 2.77. The van der Waals surface area contributed by atoms with Crippen molar-refractivity contribution in [3.63, 3.8) is 0 Å². The van der Waals surface area contributed by atoms with Gasteiger partial charge < -0.3 is 0 Å². The van der Waals surface area contributed by atoms with Crippen molar-refractivity contribution in [1.29, 1.82) is 0 Å². The predicted molar refractivity (Wildman–Crippen MR) is 88.6 cm³/mol. The Morgan fingerprint density at radius 3 is 2.04 bits per heavy atom. The second kappa shape index (κ2) is 6.93. The molecule has 8 nitrogen and oxygen atoms in total. The molecule has 0 N–H and O–H groups in total. The summed E-state index contributed by atoms with van der Waals surface area (Å²) in [5, 5.41) is 0.653. The van der Waals surface area contributed by atoms with Crippen LogP contribution in [-0.2, 0) is 28.8 Å². The molecule has 2 atom stereocenters. The van der Waals surface area contributed by atoms with Crippen LogP contribution < -0.4 is 4.90 Å². The number of imide groups is 1. The molecule has 136 valence electrons. The van der Waals surface area contributed by atoms with Crippen molar-refractivity contribution in [2.75, 3.05) is 11.9 Å². The van der Waals surface area contributed by atoms with Crippen molar-refractivity contribution in [2.45, 2.75) is 32.1 Å². The van der Waals surface area contributed by atoms with Crippen molar-refractivity contribution >= 4 is 33.5 Å². The number of carbonyl (C=O) groups excluding carboxylic acids is 3. The molecule has 1 aliphatic heterocycles. The number of hydrogen-bond donors (Lipinski definition) is 0. The first kappa shape index (κ1) is 19.1. The Hall–Kier alpha value is -2.26. The van der Waals surface area contributed by atoms with Crippen molar-refractivity contribution < 1.29 is 27.1 Å². The Morgan fingerprint density at radius 1 is 1.12 bits per heavy atom. The van der Waals surface area contributed by atoms with Crippen molar-refractivity contribution in [3.05, 3.63) is 24.3 Å². The number of hydroxylamine groups is 2. The molecule has 3 amide bonds. The highest BCUT2D eigenvalue weighted by Gasteiger charge is 2.43. The van der Waals surface area contributed by atoms with Gasteiger partial charge in [-0.05, 0) is 24.3 Å². The lowest BCUT2D eigenvalue weighted by Crippen LogP contribution is -2.31. The van der Waals surface area contributed by atoms with Gasteiger partial charge in [-0.15, -0.1) is 4.28 Å². The predicted octanol–water partition coefficient (Wildman–Crippen LogP) is 1.32. The lowest BCUT2D eigenvalue weighted by Gasteiger charge is -2.17. The Balaban J connectivity index is 2.24. The summed E-state index contributed by atoms with van der Waals surface area (Å²) in [6.07, 6.45) is 0.0977. The highest BCUT2D eigenvalue weighted by Crippen LogP contribution is 2.31. The minimum absolute atomic E-state index is 0.0977. The first-order valence-electron chi connectivity index (χ1n) is 7.79. The Labute approximate surface area is 146 Å². The molecule has 1 fully saturated rings. The van der Waals surface area contributed by atoms with Gasteiger partial charge in [-0.1, -0.05) is 20.8 Å². The van der Waals surface area contributed by atoms with E-state index in [1.807, 2.05) is 0 Å². The number of nitrogens with zero attached hydrogens (tertiary/aromatic N) is 2. The fourth-order valence-electron chi connectivity index (χ4n) is 2.41. The minimum atomic E-state index is -4.19. The second-order valence-corrected chi connectivity index (χ2v) is 7.39. The summed E-state index contributed by atoms with van der Waals surface area (Å²) >= 11 is 0. The standard InChI is InChI=1S/C16H20N2O6S/c1-5-14(19)17(4)24-25(22,23)13-8-6-12(7-9-13)18-15(20)10(2)11(3)16(18)21/h6-11H,5H2,1-4H3. The summed E-state index contributed by atoms with van der Waals surface area (Å²) in [5.74, 6) is -1.98. The number of rotatable bonds is 5. The molecule has 1 aliphatic rings. The van der Waals surface area contributed by atoms with E-state index in [-0.39, 0.29) is 23.1 Å². The fourth-order valence-corrected chi connectivity index (χ4v) is 3.35. The zero-order valence-corrected chi connectivity index (χ0v) is 15.2. The van der Waals surface area contributed by atoms with E-state index >= 15 is 0 Å². The molecule has 1 saturated heterocycles. The van der Waals surface area contributed by atoms with E-state index < -0.39 is 27.9 Å². The third-order valence-electron chi connectivity index (χ3n) is 4.22. The molecular formula is C16H20N2O6S. The summed E-state index contributed by atoms with van der Waals surface area (Å²) in [4.78, 5) is 36.7. The monoisotopic (exact) mass is 368 g/mol. The summed E-state index contributed by atoms with van der Waals surface area (Å²) in [5.41, 5.74) is 0.295. The van der Waals surface area contributed by atoms with Gasteiger partial charge in [0.25, 0.3) is 0 Å². The molecule has 0 aromatic heterocycles. The molecule has 0 saturated carbocycles. The summed E-state index contributed by atoms with van der Waals surface area (Å²) in [7, 11) is -2.98. The highest BCUT2D eigenvalue weighted by molar-refractivity contribution is 7.86. The van der Waals surface area contributed by atoms with Crippen LogP contribution in [0.2, 0.25) is 0 Å². The van der Waals surface area contributed by atoms with Crippen molar-refractivity contribution in [3.8, 4) is 0 Å². The van der Waals surface area contributed by atoms with E-state index in [4.69, 9.17) is 4.28 Å². The van der Waals surface area contributed by atoms with Gasteiger partial charge >= 0.3 is 10.1 Å². The van der Waals surface area contributed by atoms with Crippen LogP contribution in [0.25, 0.3) is 0 Å². The topological polar surface area (TPSA) is 101 Å². The third-order valence-corrected chi connectivity index (χ3v) is 5.49. The van der Waals surface area contributed by atoms with Crippen LogP contribution in [0, 0.1) is 11.8 Å². The number of amides is 3. The van der Waals surface area contributed by atoms with Crippen LogP contribution in [0.4, 0.5) is 5.69 Å². The normalized spacial score (nSPS) is 20.9. The van der Waals surface area contributed by atoms with Gasteiger partial charge in [0.2, 0.25) is 17.7 Å². The largest absolute Gasteiger partial charge is 0.317 e. The molecule has 0 radical (unpaired) electrons. The summed E-state index contributed by atoms with van der Waals surface area (Å²) < 4.78 is 29.1. The molecule has 0 aliphatic carbocycles. The average molecular weight is 368 g/mol. The first-order chi connectivity index (χ1) is 11.6. The van der Waals surface area contributed by atoms with Gasteiger partial charge in [-0.3, -0.25) is 19.3 Å². The van der Waals surface area contributed by atoms with E-state index in [0.717, 1.165) is 4.90 Å². The molecular weight excluding hydrogens is 348 g/mol. The van der Waals surface area contributed by atoms with E-state index in [0.29, 0.717) is 10.8 Å². The van der Waals surface area contributed by atoms with E-state index in [1.165, 1.54) is 31.3 Å². The van der Waals surface area contributed by atoms with E-state index in [1.54, 1.807) is 20.8 Å². The van der Waals surface area contributed by atoms with Gasteiger partial charge in [-0.2, -0.15) is 8.42 Å². The first-order valence-corrected chi connectivity index (χ1v) is 9.20. The van der Waals surface area contributed by atoms with E-state index in [9.17, 15) is 22.8 Å². The maximum absolute atomic E-state index is 12.2. The SMILES string of the molecule is CCC(=O)N(C)OS(=O)(=O)c1ccc(N2C(=O)C(C)C(C)C2=O)cc1. The van der Waals surface area contributed by atoms with Crippen LogP contribution in [0.5, 0.6) is 0 Å². The van der Waals surface area contributed by atoms with Crippen LogP contribution in [0.15, 0.2) is 29.2 Å². The Morgan fingerprint density at radius 2 is 1.60 bits per heavy atom. The molecule has 1 aromatic rings. The molecule has 1 aromatic carbocycles. The maximum atomic E-state index is 12.2. The smallest absolute Gasteiger partial charge is 0.274 e. The fraction of sp³-hybridized carbons (Fsp3) is 0.438. The zero-order valence-electron chi connectivity index (χ0n) is 14.4. The van der Waals surface area contributed by atoms with Crippen LogP contribution in [-0.4, -0.2) is 38.3 Å². The lowest BCUT2D eigenvalue weighted by atomic mass is 10.00. The molecule has 0 spiro atoms. The molecule has 0 bridgehead atoms. The molecule has 1 heterocycles. The van der Waals surface area contributed by atoms with Gasteiger partial charge in [0.1, 0.15) is 0 Å². The van der Waals surface area contributed by atoms with Crippen LogP contribution in [0.3, 0.4) is 0 Å². The number of carbonyl (C=O) groups is 3. The highest BCUT2D eigenvalue weighted by atomic mass is 32.2. The quantitative estimate of drug-likeness (QED) is 0.574. The number of hydrogen-bond acceptors (Lipinski definition) is 6. The van der Waals surface area contributed by atoms with Crippen LogP contribution in [0.1, 0.15) is 27.2 Å². The van der Waals surface area contributed by atoms with Gasteiger partial charge in [0, 0.05) is 25.3 Å². The number of anilines is 1. The summed E-state index contributed by atoms with van der Waals surface area (Å²) in [6.45, 7) is 4.94. The second-order valence-electron chi connectivity index (χ2n) is 5.86. The van der Waals surface area contributed by atoms with Crippen molar-refractivity contribution in [1.82, 2.24) is 5.06 Å². The molecule has 9 heteroatoms. The van der Waals surface area contributed by atoms with Gasteiger partial charge in [-0.25, -0.2) is 5.06 Å². The van der Waals surface area contributed by atoms with Crippen LogP contribution >= 0.6 is 0 Å². The molecule has 2 unspecified atom stereocenters. The Kier molecular flexibility index (Phi) is 5.28. The van der Waals surface area contributed by atoms with Gasteiger partial charge in [0.15, 0.2) is 0 Å². The minimum Gasteiger partial charge on any atom is -0.274 e. The molecule has 25 heavy (non-hydrogen) atoms. The maximum Gasteiger partial charge on any atom is 0.317 e. The van der Waals surface area contributed by atoms with E-state index in [2.05, 4.69) is 0 Å². The van der Waals surface area contributed by atoms with Gasteiger partial charge in [0.05, 0.1) is 10.6 Å². The zero-order chi connectivity index (χ0) is 18.9. The lowest BCUT2D eigenvalue weighted by molar-refractivity contribution is -0.151. The number of benzene rings is 1. The molecule has 2 rings (SSSR count).